The van der Waals surface area contributed by atoms with Crippen LogP contribution in [0.3, 0.4) is 0 Å². The molecule has 0 aliphatic carbocycles. The zero-order valence-corrected chi connectivity index (χ0v) is 15.6. The highest BCUT2D eigenvalue weighted by Gasteiger charge is 2.14. The lowest BCUT2D eigenvalue weighted by atomic mass is 10.2. The van der Waals surface area contributed by atoms with Crippen LogP contribution in [0.4, 0.5) is 5.69 Å². The summed E-state index contributed by atoms with van der Waals surface area (Å²) in [6, 6.07) is 22.8. The molecule has 4 aromatic rings. The van der Waals surface area contributed by atoms with Gasteiger partial charge in [0.25, 0.3) is 5.69 Å². The number of hydrogen-bond acceptors (Lipinski definition) is 3. The lowest BCUT2D eigenvalue weighted by Crippen LogP contribution is -2.02. The largest absolute Gasteiger partial charge is 0.320 e. The number of fused-ring (bicyclic) bond motifs is 1. The number of imidazole rings is 1. The van der Waals surface area contributed by atoms with E-state index in [9.17, 15) is 10.1 Å². The minimum Gasteiger partial charge on any atom is -0.320 e. The molecule has 138 valence electrons. The van der Waals surface area contributed by atoms with Gasteiger partial charge in [-0.05, 0) is 29.8 Å². The van der Waals surface area contributed by atoms with E-state index in [1.54, 1.807) is 18.2 Å². The molecule has 0 aliphatic heterocycles. The van der Waals surface area contributed by atoms with Gasteiger partial charge in [0.15, 0.2) is 0 Å². The van der Waals surface area contributed by atoms with Crippen LogP contribution in [0.2, 0.25) is 5.02 Å². The van der Waals surface area contributed by atoms with Crippen molar-refractivity contribution in [3.63, 3.8) is 0 Å². The van der Waals surface area contributed by atoms with Gasteiger partial charge >= 0.3 is 0 Å². The SMILES string of the molecule is O=[N+]([O-])c1cccc(/C=C/c2nc3ccccc3n2Cc2ccccc2)c1Cl. The van der Waals surface area contributed by atoms with Gasteiger partial charge in [-0.1, -0.05) is 66.2 Å². The molecule has 0 N–H and O–H groups in total. The summed E-state index contributed by atoms with van der Waals surface area (Å²) in [5, 5.41) is 11.2. The van der Waals surface area contributed by atoms with E-state index in [0.717, 1.165) is 22.4 Å². The molecule has 0 amide bonds. The molecule has 1 heterocycles. The number of nitro groups is 1. The van der Waals surface area contributed by atoms with Gasteiger partial charge in [-0.2, -0.15) is 0 Å². The van der Waals surface area contributed by atoms with Crippen molar-refractivity contribution in [3.8, 4) is 0 Å². The van der Waals surface area contributed by atoms with Gasteiger partial charge in [0.1, 0.15) is 10.8 Å². The summed E-state index contributed by atoms with van der Waals surface area (Å²) in [4.78, 5) is 15.3. The fourth-order valence-electron chi connectivity index (χ4n) is 3.12. The Labute approximate surface area is 166 Å². The molecular weight excluding hydrogens is 374 g/mol. The van der Waals surface area contributed by atoms with Crippen molar-refractivity contribution >= 4 is 40.5 Å². The maximum absolute atomic E-state index is 11.1. The Morgan fingerprint density at radius 2 is 1.71 bits per heavy atom. The molecule has 3 aromatic carbocycles. The van der Waals surface area contributed by atoms with Crippen LogP contribution in [-0.4, -0.2) is 14.5 Å². The molecule has 0 atom stereocenters. The number of hydrogen-bond donors (Lipinski definition) is 0. The minimum atomic E-state index is -0.482. The second kappa shape index (κ2) is 7.66. The van der Waals surface area contributed by atoms with Gasteiger partial charge in [0.2, 0.25) is 0 Å². The van der Waals surface area contributed by atoms with Gasteiger partial charge in [0, 0.05) is 18.2 Å². The van der Waals surface area contributed by atoms with E-state index in [4.69, 9.17) is 16.6 Å². The van der Waals surface area contributed by atoms with Gasteiger partial charge in [-0.3, -0.25) is 10.1 Å². The molecule has 0 spiro atoms. The van der Waals surface area contributed by atoms with E-state index in [0.29, 0.717) is 12.1 Å². The van der Waals surface area contributed by atoms with Crippen LogP contribution in [-0.2, 0) is 6.54 Å². The number of nitrogens with zero attached hydrogens (tertiary/aromatic N) is 3. The molecular formula is C22H16ClN3O2. The Balaban J connectivity index is 1.77. The first-order valence-corrected chi connectivity index (χ1v) is 9.11. The molecule has 0 radical (unpaired) electrons. The third-order valence-electron chi connectivity index (χ3n) is 4.48. The highest BCUT2D eigenvalue weighted by atomic mass is 35.5. The Hall–Kier alpha value is -3.44. The van der Waals surface area contributed by atoms with Crippen LogP contribution in [0.1, 0.15) is 17.0 Å². The fraction of sp³-hybridized carbons (Fsp3) is 0.0455. The summed E-state index contributed by atoms with van der Waals surface area (Å²) in [5.41, 5.74) is 3.55. The standard InChI is InChI=1S/C22H16ClN3O2/c23-22-17(9-6-12-20(22)26(27)28)13-14-21-24-18-10-4-5-11-19(18)25(21)15-16-7-2-1-3-8-16/h1-14H,15H2/b14-13+. The third-order valence-corrected chi connectivity index (χ3v) is 4.90. The summed E-state index contributed by atoms with van der Waals surface area (Å²) >= 11 is 6.20. The second-order valence-electron chi connectivity index (χ2n) is 6.30. The smallest absolute Gasteiger partial charge is 0.288 e. The number of aromatic nitrogens is 2. The molecule has 28 heavy (non-hydrogen) atoms. The average Bonchev–Trinajstić information content (AvgIpc) is 3.05. The van der Waals surface area contributed by atoms with Crippen molar-refractivity contribution < 1.29 is 4.92 Å². The lowest BCUT2D eigenvalue weighted by molar-refractivity contribution is -0.384. The van der Waals surface area contributed by atoms with Crippen molar-refractivity contribution in [2.75, 3.05) is 0 Å². The maximum atomic E-state index is 11.1. The first kappa shape index (κ1) is 17.9. The molecule has 1 aromatic heterocycles. The number of nitro benzene ring substituents is 1. The van der Waals surface area contributed by atoms with Crippen molar-refractivity contribution in [3.05, 3.63) is 105 Å². The highest BCUT2D eigenvalue weighted by Crippen LogP contribution is 2.29. The topological polar surface area (TPSA) is 61.0 Å². The van der Waals surface area contributed by atoms with Crippen LogP contribution < -0.4 is 0 Å². The average molecular weight is 390 g/mol. The molecule has 0 aliphatic rings. The van der Waals surface area contributed by atoms with Gasteiger partial charge < -0.3 is 4.57 Å². The monoisotopic (exact) mass is 389 g/mol. The van der Waals surface area contributed by atoms with Gasteiger partial charge in [0.05, 0.1) is 16.0 Å². The maximum Gasteiger partial charge on any atom is 0.288 e. The molecule has 0 fully saturated rings. The molecule has 0 saturated heterocycles. The molecule has 4 rings (SSSR count). The highest BCUT2D eigenvalue weighted by molar-refractivity contribution is 6.34. The molecule has 6 heteroatoms. The van der Waals surface area contributed by atoms with E-state index < -0.39 is 4.92 Å². The van der Waals surface area contributed by atoms with E-state index in [-0.39, 0.29) is 10.7 Å². The summed E-state index contributed by atoms with van der Waals surface area (Å²) in [6.45, 7) is 0.670. The second-order valence-corrected chi connectivity index (χ2v) is 6.68. The molecule has 0 unspecified atom stereocenters. The molecule has 0 bridgehead atoms. The van der Waals surface area contributed by atoms with Crippen molar-refractivity contribution in [2.45, 2.75) is 6.54 Å². The Kier molecular flexibility index (Phi) is 4.91. The van der Waals surface area contributed by atoms with E-state index in [1.165, 1.54) is 6.07 Å². The fourth-order valence-corrected chi connectivity index (χ4v) is 3.38. The van der Waals surface area contributed by atoms with Crippen LogP contribution in [0.25, 0.3) is 23.2 Å². The number of benzene rings is 3. The molecule has 0 saturated carbocycles. The van der Waals surface area contributed by atoms with Gasteiger partial charge in [-0.15, -0.1) is 0 Å². The summed E-state index contributed by atoms with van der Waals surface area (Å²) in [6.07, 6.45) is 3.60. The minimum absolute atomic E-state index is 0.110. The van der Waals surface area contributed by atoms with Crippen LogP contribution in [0, 0.1) is 10.1 Å². The van der Waals surface area contributed by atoms with E-state index >= 15 is 0 Å². The first-order valence-electron chi connectivity index (χ1n) is 8.73. The number of para-hydroxylation sites is 2. The Bertz CT molecular complexity index is 1180. The first-order chi connectivity index (χ1) is 13.6. The van der Waals surface area contributed by atoms with Crippen LogP contribution in [0.15, 0.2) is 72.8 Å². The van der Waals surface area contributed by atoms with Crippen molar-refractivity contribution in [1.29, 1.82) is 0 Å². The summed E-state index contributed by atoms with van der Waals surface area (Å²) in [7, 11) is 0. The van der Waals surface area contributed by atoms with Crippen molar-refractivity contribution in [2.24, 2.45) is 0 Å². The molecule has 5 nitrogen and oxygen atoms in total. The number of rotatable bonds is 5. The number of halogens is 1. The summed E-state index contributed by atoms with van der Waals surface area (Å²) < 4.78 is 2.12. The van der Waals surface area contributed by atoms with E-state index in [2.05, 4.69) is 16.7 Å². The van der Waals surface area contributed by atoms with Crippen molar-refractivity contribution in [1.82, 2.24) is 9.55 Å². The lowest BCUT2D eigenvalue weighted by Gasteiger charge is -2.07. The van der Waals surface area contributed by atoms with E-state index in [1.807, 2.05) is 48.5 Å². The third kappa shape index (κ3) is 3.52. The zero-order chi connectivity index (χ0) is 19.5. The normalized spacial score (nSPS) is 11.3. The zero-order valence-electron chi connectivity index (χ0n) is 14.8. The predicted octanol–water partition coefficient (Wildman–Crippen LogP) is 5.82. The Morgan fingerprint density at radius 1 is 0.964 bits per heavy atom. The predicted molar refractivity (Wildman–Crippen MR) is 112 cm³/mol. The van der Waals surface area contributed by atoms with Gasteiger partial charge in [-0.25, -0.2) is 4.98 Å². The van der Waals surface area contributed by atoms with Crippen LogP contribution >= 0.6 is 11.6 Å². The summed E-state index contributed by atoms with van der Waals surface area (Å²) in [5.74, 6) is 0.757. The Morgan fingerprint density at radius 3 is 2.50 bits per heavy atom. The quantitative estimate of drug-likeness (QED) is 0.319. The van der Waals surface area contributed by atoms with Crippen LogP contribution in [0.5, 0.6) is 0 Å².